The van der Waals surface area contributed by atoms with Gasteiger partial charge in [-0.1, -0.05) is 0 Å². The van der Waals surface area contributed by atoms with Gasteiger partial charge in [0.2, 0.25) is 11.9 Å². The maximum absolute atomic E-state index is 11.4. The number of carbonyl (C=O) groups excluding carboxylic acids is 1. The lowest BCUT2D eigenvalue weighted by molar-refractivity contribution is -0.120. The minimum Gasteiger partial charge on any atom is -0.354 e. The molecule has 0 spiro atoms. The first-order valence-corrected chi connectivity index (χ1v) is 6.44. The van der Waals surface area contributed by atoms with Crippen molar-refractivity contribution in [2.75, 3.05) is 24.5 Å². The Balaban J connectivity index is 1.86. The number of rotatable bonds is 2. The highest BCUT2D eigenvalue weighted by Gasteiger charge is 2.16. The van der Waals surface area contributed by atoms with Crippen LogP contribution >= 0.6 is 0 Å². The average molecular weight is 270 g/mol. The maximum Gasteiger partial charge on any atom is 0.225 e. The Morgan fingerprint density at radius 3 is 2.90 bits per heavy atom. The van der Waals surface area contributed by atoms with E-state index in [-0.39, 0.29) is 5.91 Å². The molecule has 0 aromatic carbocycles. The average Bonchev–Trinajstić information content (AvgIpc) is 2.73. The molecule has 20 heavy (non-hydrogen) atoms. The quantitative estimate of drug-likeness (QED) is 0.842. The molecule has 1 aliphatic heterocycles. The minimum atomic E-state index is 0.0672. The number of hydrogen-bond acceptors (Lipinski definition) is 6. The monoisotopic (exact) mass is 270 g/mol. The summed E-state index contributed by atoms with van der Waals surface area (Å²) in [7, 11) is 0. The molecular formula is C13H14N6O. The van der Waals surface area contributed by atoms with Gasteiger partial charge in [0.25, 0.3) is 0 Å². The molecule has 1 fully saturated rings. The summed E-state index contributed by atoms with van der Waals surface area (Å²) in [6, 6.07) is 1.80. The van der Waals surface area contributed by atoms with Crippen LogP contribution in [0.2, 0.25) is 0 Å². The van der Waals surface area contributed by atoms with E-state index in [1.54, 1.807) is 30.9 Å². The van der Waals surface area contributed by atoms with E-state index in [0.29, 0.717) is 37.7 Å². The third-order valence-electron chi connectivity index (χ3n) is 3.06. The van der Waals surface area contributed by atoms with Crippen molar-refractivity contribution in [2.24, 2.45) is 0 Å². The van der Waals surface area contributed by atoms with Crippen LogP contribution in [0.5, 0.6) is 0 Å². The molecule has 0 saturated carbocycles. The van der Waals surface area contributed by atoms with Crippen molar-refractivity contribution in [1.82, 2.24) is 25.3 Å². The van der Waals surface area contributed by atoms with Gasteiger partial charge >= 0.3 is 0 Å². The zero-order valence-corrected chi connectivity index (χ0v) is 10.9. The predicted octanol–water partition coefficient (Wildman–Crippen LogP) is 0.260. The van der Waals surface area contributed by atoms with Gasteiger partial charge in [0.1, 0.15) is 5.69 Å². The van der Waals surface area contributed by atoms with E-state index in [0.717, 1.165) is 5.69 Å². The largest absolute Gasteiger partial charge is 0.354 e. The van der Waals surface area contributed by atoms with Crippen LogP contribution in [0.3, 0.4) is 0 Å². The molecule has 3 rings (SSSR count). The Morgan fingerprint density at radius 2 is 2.05 bits per heavy atom. The first kappa shape index (κ1) is 12.5. The van der Waals surface area contributed by atoms with Crippen LogP contribution in [0.15, 0.2) is 30.9 Å². The number of carbonyl (C=O) groups is 1. The van der Waals surface area contributed by atoms with Crippen LogP contribution in [0, 0.1) is 0 Å². The molecule has 2 aromatic rings. The SMILES string of the molecule is O=C1CCN(c2nccc(-c3cnccn3)n2)CCN1. The number of aromatic nitrogens is 4. The van der Waals surface area contributed by atoms with Gasteiger partial charge in [-0.05, 0) is 6.07 Å². The van der Waals surface area contributed by atoms with Gasteiger partial charge < -0.3 is 10.2 Å². The maximum atomic E-state index is 11.4. The third-order valence-corrected chi connectivity index (χ3v) is 3.06. The van der Waals surface area contributed by atoms with E-state index in [4.69, 9.17) is 0 Å². The number of anilines is 1. The highest BCUT2D eigenvalue weighted by molar-refractivity contribution is 5.77. The fraction of sp³-hybridized carbons (Fsp3) is 0.308. The van der Waals surface area contributed by atoms with Crippen molar-refractivity contribution in [1.29, 1.82) is 0 Å². The number of hydrogen-bond donors (Lipinski definition) is 1. The molecule has 0 radical (unpaired) electrons. The molecule has 102 valence electrons. The smallest absolute Gasteiger partial charge is 0.225 e. The molecule has 7 nitrogen and oxygen atoms in total. The van der Waals surface area contributed by atoms with E-state index < -0.39 is 0 Å². The molecule has 3 heterocycles. The molecule has 0 unspecified atom stereocenters. The van der Waals surface area contributed by atoms with E-state index >= 15 is 0 Å². The Morgan fingerprint density at radius 1 is 1.10 bits per heavy atom. The van der Waals surface area contributed by atoms with Gasteiger partial charge in [-0.15, -0.1) is 0 Å². The first-order valence-electron chi connectivity index (χ1n) is 6.44. The zero-order valence-electron chi connectivity index (χ0n) is 10.9. The lowest BCUT2D eigenvalue weighted by Gasteiger charge is -2.19. The minimum absolute atomic E-state index is 0.0672. The molecule has 2 aromatic heterocycles. The lowest BCUT2D eigenvalue weighted by Crippen LogP contribution is -2.29. The van der Waals surface area contributed by atoms with Crippen LogP contribution in [0.1, 0.15) is 6.42 Å². The van der Waals surface area contributed by atoms with E-state index in [9.17, 15) is 4.79 Å². The second kappa shape index (κ2) is 5.60. The standard InChI is InChI=1S/C13H14N6O/c20-12-2-7-19(8-6-16-12)13-17-3-1-10(18-13)11-9-14-4-5-15-11/h1,3-5,9H,2,6-8H2,(H,16,20). The molecule has 0 atom stereocenters. The van der Waals surface area contributed by atoms with Crippen LogP contribution < -0.4 is 10.2 Å². The second-order valence-corrected chi connectivity index (χ2v) is 4.42. The van der Waals surface area contributed by atoms with Crippen molar-refractivity contribution in [3.05, 3.63) is 30.9 Å². The molecular weight excluding hydrogens is 256 g/mol. The summed E-state index contributed by atoms with van der Waals surface area (Å²) >= 11 is 0. The third kappa shape index (κ3) is 2.71. The fourth-order valence-electron chi connectivity index (χ4n) is 2.04. The van der Waals surface area contributed by atoms with Crippen molar-refractivity contribution in [3.8, 4) is 11.4 Å². The normalized spacial score (nSPS) is 15.6. The summed E-state index contributed by atoms with van der Waals surface area (Å²) in [4.78, 5) is 30.4. The molecule has 0 bridgehead atoms. The summed E-state index contributed by atoms with van der Waals surface area (Å²) in [5.41, 5.74) is 1.44. The highest BCUT2D eigenvalue weighted by Crippen LogP contribution is 2.16. The van der Waals surface area contributed by atoms with Gasteiger partial charge in [-0.2, -0.15) is 0 Å². The Hall–Kier alpha value is -2.57. The van der Waals surface area contributed by atoms with Crippen LogP contribution in [0.4, 0.5) is 5.95 Å². The van der Waals surface area contributed by atoms with Gasteiger partial charge in [-0.25, -0.2) is 9.97 Å². The fourth-order valence-corrected chi connectivity index (χ4v) is 2.04. The van der Waals surface area contributed by atoms with Gasteiger partial charge in [0.05, 0.1) is 11.9 Å². The van der Waals surface area contributed by atoms with Crippen molar-refractivity contribution in [2.45, 2.75) is 6.42 Å². The zero-order chi connectivity index (χ0) is 13.8. The lowest BCUT2D eigenvalue weighted by atomic mass is 10.3. The van der Waals surface area contributed by atoms with Crippen LogP contribution in [0.25, 0.3) is 11.4 Å². The van der Waals surface area contributed by atoms with Crippen molar-refractivity contribution in [3.63, 3.8) is 0 Å². The summed E-state index contributed by atoms with van der Waals surface area (Å²) in [5.74, 6) is 0.683. The van der Waals surface area contributed by atoms with Gasteiger partial charge in [-0.3, -0.25) is 14.8 Å². The van der Waals surface area contributed by atoms with Gasteiger partial charge in [0, 0.05) is 44.6 Å². The Labute approximate surface area is 116 Å². The highest BCUT2D eigenvalue weighted by atomic mass is 16.1. The Bertz CT molecular complexity index is 603. The molecule has 1 N–H and O–H groups in total. The molecule has 7 heteroatoms. The van der Waals surface area contributed by atoms with Crippen LogP contribution in [-0.4, -0.2) is 45.5 Å². The van der Waals surface area contributed by atoms with E-state index in [2.05, 4.69) is 25.3 Å². The summed E-state index contributed by atoms with van der Waals surface area (Å²) in [6.07, 6.45) is 7.08. The molecule has 1 aliphatic rings. The van der Waals surface area contributed by atoms with Crippen LogP contribution in [-0.2, 0) is 4.79 Å². The van der Waals surface area contributed by atoms with Crippen molar-refractivity contribution >= 4 is 11.9 Å². The van der Waals surface area contributed by atoms with E-state index in [1.807, 2.05) is 4.90 Å². The van der Waals surface area contributed by atoms with Crippen molar-refractivity contribution < 1.29 is 4.79 Å². The summed E-state index contributed by atoms with van der Waals surface area (Å²) in [5, 5.41) is 2.83. The molecule has 1 amide bonds. The predicted molar refractivity (Wildman–Crippen MR) is 72.9 cm³/mol. The first-order chi connectivity index (χ1) is 9.83. The summed E-state index contributed by atoms with van der Waals surface area (Å²) < 4.78 is 0. The van der Waals surface area contributed by atoms with Gasteiger partial charge in [0.15, 0.2) is 0 Å². The summed E-state index contributed by atoms with van der Waals surface area (Å²) in [6.45, 7) is 1.93. The number of amides is 1. The topological polar surface area (TPSA) is 83.9 Å². The molecule has 1 saturated heterocycles. The van der Waals surface area contributed by atoms with E-state index in [1.165, 1.54) is 0 Å². The second-order valence-electron chi connectivity index (χ2n) is 4.42. The number of nitrogens with one attached hydrogen (secondary N) is 1. The molecule has 0 aliphatic carbocycles. The number of nitrogens with zero attached hydrogens (tertiary/aromatic N) is 5. The Kier molecular flexibility index (Phi) is 3.49.